The van der Waals surface area contributed by atoms with Gasteiger partial charge in [-0.25, -0.2) is 0 Å². The first-order valence-corrected chi connectivity index (χ1v) is 6.30. The van der Waals surface area contributed by atoms with Crippen molar-refractivity contribution in [3.05, 3.63) is 17.0 Å². The lowest BCUT2D eigenvalue weighted by Crippen LogP contribution is -2.23. The van der Waals surface area contributed by atoms with Crippen molar-refractivity contribution < 1.29 is 0 Å². The minimum absolute atomic E-state index is 0.200. The highest BCUT2D eigenvalue weighted by Gasteiger charge is 2.31. The number of aryl methyl sites for hydroxylation is 1. The summed E-state index contributed by atoms with van der Waals surface area (Å²) in [4.78, 5) is 2.40. The second-order valence-electron chi connectivity index (χ2n) is 5.14. The van der Waals surface area contributed by atoms with Gasteiger partial charge in [0, 0.05) is 17.3 Å². The van der Waals surface area contributed by atoms with Crippen LogP contribution in [0.2, 0.25) is 0 Å². The minimum atomic E-state index is 0.200. The number of nitrogens with two attached hydrogens (primary N) is 1. The van der Waals surface area contributed by atoms with Gasteiger partial charge in [-0.15, -0.1) is 0 Å². The molecule has 1 aromatic heterocycles. The number of rotatable bonds is 1. The zero-order chi connectivity index (χ0) is 11.1. The molecule has 2 heterocycles. The molecule has 1 aromatic rings. The summed E-state index contributed by atoms with van der Waals surface area (Å²) in [6, 6.07) is 0.690. The smallest absolute Gasteiger partial charge is 0.0844 e. The van der Waals surface area contributed by atoms with Crippen molar-refractivity contribution >= 4 is 0 Å². The molecule has 0 saturated carbocycles. The lowest BCUT2D eigenvalue weighted by Gasteiger charge is -2.23. The van der Waals surface area contributed by atoms with Crippen LogP contribution in [0, 0.1) is 0 Å². The van der Waals surface area contributed by atoms with Crippen LogP contribution in [0.25, 0.3) is 0 Å². The highest BCUT2D eigenvalue weighted by atomic mass is 15.2. The van der Waals surface area contributed by atoms with Gasteiger partial charge in [-0.1, -0.05) is 0 Å². The maximum atomic E-state index is 6.23. The monoisotopic (exact) mass is 220 g/mol. The molecule has 2 aliphatic rings. The zero-order valence-electron chi connectivity index (χ0n) is 9.87. The van der Waals surface area contributed by atoms with Gasteiger partial charge in [0.2, 0.25) is 0 Å². The lowest BCUT2D eigenvalue weighted by atomic mass is 9.89. The number of aromatic nitrogens is 2. The Hall–Kier alpha value is -0.870. The molecule has 1 aliphatic carbocycles. The van der Waals surface area contributed by atoms with Crippen LogP contribution >= 0.6 is 0 Å². The van der Waals surface area contributed by atoms with Crippen molar-refractivity contribution in [1.29, 1.82) is 0 Å². The van der Waals surface area contributed by atoms with Gasteiger partial charge < -0.3 is 5.73 Å². The maximum absolute atomic E-state index is 6.23. The van der Waals surface area contributed by atoms with Crippen molar-refractivity contribution in [2.45, 2.75) is 44.2 Å². The summed E-state index contributed by atoms with van der Waals surface area (Å²) in [5.41, 5.74) is 10.1. The van der Waals surface area contributed by atoms with Crippen LogP contribution in [-0.4, -0.2) is 28.7 Å². The van der Waals surface area contributed by atoms with Gasteiger partial charge in [0.15, 0.2) is 0 Å². The maximum Gasteiger partial charge on any atom is 0.0844 e. The van der Waals surface area contributed by atoms with Crippen LogP contribution in [0.1, 0.15) is 54.7 Å². The molecule has 0 spiro atoms. The Labute approximate surface area is 96.2 Å². The van der Waals surface area contributed by atoms with E-state index in [1.165, 1.54) is 42.8 Å². The molecule has 88 valence electrons. The van der Waals surface area contributed by atoms with E-state index >= 15 is 0 Å². The van der Waals surface area contributed by atoms with Gasteiger partial charge >= 0.3 is 0 Å². The third kappa shape index (κ3) is 1.48. The molecular weight excluding hydrogens is 200 g/mol. The summed E-state index contributed by atoms with van der Waals surface area (Å²) >= 11 is 0. The summed E-state index contributed by atoms with van der Waals surface area (Å²) in [5.74, 6) is 0. The fourth-order valence-electron chi connectivity index (χ4n) is 3.16. The van der Waals surface area contributed by atoms with Gasteiger partial charge in [0.1, 0.15) is 0 Å². The van der Waals surface area contributed by atoms with Gasteiger partial charge in [-0.05, 0) is 45.7 Å². The van der Waals surface area contributed by atoms with E-state index in [0.717, 1.165) is 12.8 Å². The third-order valence-corrected chi connectivity index (χ3v) is 4.06. The highest BCUT2D eigenvalue weighted by molar-refractivity contribution is 5.33. The average molecular weight is 220 g/mol. The van der Waals surface area contributed by atoms with Crippen molar-refractivity contribution in [1.82, 2.24) is 15.1 Å². The minimum Gasteiger partial charge on any atom is -0.324 e. The number of hydrogen-bond donors (Lipinski definition) is 2. The molecule has 1 fully saturated rings. The Morgan fingerprint density at radius 3 is 3.00 bits per heavy atom. The molecule has 2 atom stereocenters. The topological polar surface area (TPSA) is 57.9 Å². The van der Waals surface area contributed by atoms with E-state index in [1.807, 2.05) is 0 Å². The summed E-state index contributed by atoms with van der Waals surface area (Å²) in [7, 11) is 2.19. The first kappa shape index (κ1) is 10.3. The second-order valence-corrected chi connectivity index (χ2v) is 5.14. The average Bonchev–Trinajstić information content (AvgIpc) is 2.84. The summed E-state index contributed by atoms with van der Waals surface area (Å²) in [5, 5.41) is 7.73. The summed E-state index contributed by atoms with van der Waals surface area (Å²) in [6.45, 7) is 1.18. The summed E-state index contributed by atoms with van der Waals surface area (Å²) < 4.78 is 0. The number of nitrogens with zero attached hydrogens (tertiary/aromatic N) is 2. The van der Waals surface area contributed by atoms with Crippen molar-refractivity contribution in [3.8, 4) is 0 Å². The molecule has 16 heavy (non-hydrogen) atoms. The largest absolute Gasteiger partial charge is 0.324 e. The zero-order valence-corrected chi connectivity index (χ0v) is 9.87. The van der Waals surface area contributed by atoms with Crippen LogP contribution in [0.4, 0.5) is 0 Å². The number of H-pyrrole nitrogens is 1. The van der Waals surface area contributed by atoms with E-state index < -0.39 is 0 Å². The molecule has 0 amide bonds. The van der Waals surface area contributed by atoms with E-state index in [0.29, 0.717) is 6.04 Å². The first-order chi connectivity index (χ1) is 7.77. The highest BCUT2D eigenvalue weighted by Crippen LogP contribution is 2.37. The SMILES string of the molecule is CN1CCC[C@H]1c1n[nH]c2c1[C@@H](N)CCC2. The van der Waals surface area contributed by atoms with Crippen LogP contribution < -0.4 is 5.73 Å². The standard InChI is InChI=1S/C12H20N4/c1-16-7-3-6-10(16)12-11-8(13)4-2-5-9(11)14-15-12/h8,10H,2-7,13H2,1H3,(H,14,15)/t8-,10-/m0/s1. The number of hydrogen-bond acceptors (Lipinski definition) is 3. The quantitative estimate of drug-likeness (QED) is 0.754. The molecule has 3 rings (SSSR count). The first-order valence-electron chi connectivity index (χ1n) is 6.30. The molecule has 0 bridgehead atoms. The normalized spacial score (nSPS) is 30.6. The number of nitrogens with one attached hydrogen (secondary N) is 1. The van der Waals surface area contributed by atoms with Crippen molar-refractivity contribution in [2.24, 2.45) is 5.73 Å². The number of aromatic amines is 1. The van der Waals surface area contributed by atoms with E-state index in [1.54, 1.807) is 0 Å². The predicted molar refractivity (Wildman–Crippen MR) is 63.1 cm³/mol. The molecule has 4 nitrogen and oxygen atoms in total. The molecular formula is C12H20N4. The Morgan fingerprint density at radius 1 is 1.38 bits per heavy atom. The third-order valence-electron chi connectivity index (χ3n) is 4.06. The number of likely N-dealkylation sites (tertiary alicyclic amines) is 1. The molecule has 1 saturated heterocycles. The van der Waals surface area contributed by atoms with Crippen molar-refractivity contribution in [2.75, 3.05) is 13.6 Å². The Balaban J connectivity index is 1.98. The molecule has 1 aliphatic heterocycles. The van der Waals surface area contributed by atoms with Crippen LogP contribution in [0.5, 0.6) is 0 Å². The molecule has 3 N–H and O–H groups in total. The van der Waals surface area contributed by atoms with Crippen molar-refractivity contribution in [3.63, 3.8) is 0 Å². The fourth-order valence-corrected chi connectivity index (χ4v) is 3.16. The van der Waals surface area contributed by atoms with Gasteiger partial charge in [0.25, 0.3) is 0 Å². The van der Waals surface area contributed by atoms with Crippen LogP contribution in [0.3, 0.4) is 0 Å². The number of fused-ring (bicyclic) bond motifs is 1. The van der Waals surface area contributed by atoms with E-state index in [9.17, 15) is 0 Å². The fraction of sp³-hybridized carbons (Fsp3) is 0.750. The van der Waals surface area contributed by atoms with Gasteiger partial charge in [-0.3, -0.25) is 10.00 Å². The van der Waals surface area contributed by atoms with E-state index in [2.05, 4.69) is 22.1 Å². The molecule has 0 unspecified atom stereocenters. The van der Waals surface area contributed by atoms with Crippen LogP contribution in [0.15, 0.2) is 0 Å². The lowest BCUT2D eigenvalue weighted by molar-refractivity contribution is 0.309. The second kappa shape index (κ2) is 3.86. The Bertz CT molecular complexity index is 384. The molecule has 0 aromatic carbocycles. The van der Waals surface area contributed by atoms with Crippen LogP contribution in [-0.2, 0) is 6.42 Å². The molecule has 0 radical (unpaired) electrons. The van der Waals surface area contributed by atoms with E-state index in [4.69, 9.17) is 5.73 Å². The van der Waals surface area contributed by atoms with Gasteiger partial charge in [0.05, 0.1) is 11.7 Å². The Morgan fingerprint density at radius 2 is 2.25 bits per heavy atom. The predicted octanol–water partition coefficient (Wildman–Crippen LogP) is 1.51. The Kier molecular flexibility index (Phi) is 2.48. The summed E-state index contributed by atoms with van der Waals surface area (Å²) in [6.07, 6.45) is 5.91. The van der Waals surface area contributed by atoms with Gasteiger partial charge in [-0.2, -0.15) is 5.10 Å². The van der Waals surface area contributed by atoms with E-state index in [-0.39, 0.29) is 6.04 Å². The molecule has 4 heteroatoms.